The fraction of sp³-hybridized carbons (Fsp3) is 0.556. The van der Waals surface area contributed by atoms with Gasteiger partial charge < -0.3 is 14.8 Å². The number of aromatic amines is 1. The number of aromatic nitrogens is 1. The van der Waals surface area contributed by atoms with Crippen LogP contribution in [0.25, 0.3) is 10.9 Å². The quantitative estimate of drug-likeness (QED) is 0.901. The van der Waals surface area contributed by atoms with Gasteiger partial charge in [-0.15, -0.1) is 0 Å². The van der Waals surface area contributed by atoms with Crippen LogP contribution in [0.3, 0.4) is 0 Å². The van der Waals surface area contributed by atoms with E-state index in [1.807, 2.05) is 6.92 Å². The molecule has 3 nitrogen and oxygen atoms in total. The molecule has 2 heterocycles. The Morgan fingerprint density at radius 2 is 2.19 bits per heavy atom. The number of fused-ring (bicyclic) bond motifs is 3. The highest BCUT2D eigenvalue weighted by atomic mass is 16.5. The highest BCUT2D eigenvalue weighted by Crippen LogP contribution is 2.42. The first kappa shape index (κ1) is 14.6. The summed E-state index contributed by atoms with van der Waals surface area (Å²) in [6.45, 7) is 6.91. The summed E-state index contributed by atoms with van der Waals surface area (Å²) in [6, 6.07) is 6.54. The minimum atomic E-state index is -0.369. The molecular weight excluding hydrogens is 262 g/mol. The number of aliphatic hydroxyl groups excluding tert-OH is 1. The van der Waals surface area contributed by atoms with Crippen molar-refractivity contribution in [2.75, 3.05) is 6.61 Å². The lowest BCUT2D eigenvalue weighted by Crippen LogP contribution is -2.37. The van der Waals surface area contributed by atoms with Crippen molar-refractivity contribution in [2.45, 2.75) is 58.2 Å². The van der Waals surface area contributed by atoms with E-state index >= 15 is 0 Å². The number of hydrogen-bond acceptors (Lipinski definition) is 2. The third kappa shape index (κ3) is 2.29. The summed E-state index contributed by atoms with van der Waals surface area (Å²) in [7, 11) is 0. The van der Waals surface area contributed by atoms with Crippen molar-refractivity contribution in [3.8, 4) is 0 Å². The molecule has 2 N–H and O–H groups in total. The van der Waals surface area contributed by atoms with E-state index in [0.717, 1.165) is 25.9 Å². The lowest BCUT2D eigenvalue weighted by atomic mass is 9.84. The minimum Gasteiger partial charge on any atom is -0.393 e. The molecule has 2 unspecified atom stereocenters. The summed E-state index contributed by atoms with van der Waals surface area (Å²) in [6.07, 6.45) is 3.12. The Bertz CT molecular complexity index is 644. The smallest absolute Gasteiger partial charge is 0.110 e. The molecule has 0 saturated carbocycles. The van der Waals surface area contributed by atoms with Gasteiger partial charge in [-0.05, 0) is 37.3 Å². The third-order valence-electron chi connectivity index (χ3n) is 4.79. The van der Waals surface area contributed by atoms with Crippen molar-refractivity contribution in [2.24, 2.45) is 0 Å². The zero-order chi connectivity index (χ0) is 15.0. The van der Waals surface area contributed by atoms with Gasteiger partial charge in [0, 0.05) is 17.3 Å². The highest BCUT2D eigenvalue weighted by Gasteiger charge is 2.39. The SMILES string of the molecule is CCc1cccc2c3c([nH]c12)C(CC)(CC(C)O)OCC3. The van der Waals surface area contributed by atoms with Crippen molar-refractivity contribution in [3.63, 3.8) is 0 Å². The Morgan fingerprint density at radius 3 is 2.86 bits per heavy atom. The first-order valence-electron chi connectivity index (χ1n) is 8.06. The molecule has 1 aliphatic rings. The number of rotatable bonds is 4. The predicted molar refractivity (Wildman–Crippen MR) is 85.6 cm³/mol. The van der Waals surface area contributed by atoms with E-state index in [-0.39, 0.29) is 11.7 Å². The summed E-state index contributed by atoms with van der Waals surface area (Å²) in [5.74, 6) is 0. The molecule has 0 fully saturated rings. The van der Waals surface area contributed by atoms with Crippen LogP contribution in [0.5, 0.6) is 0 Å². The van der Waals surface area contributed by atoms with Gasteiger partial charge in [0.1, 0.15) is 5.60 Å². The largest absolute Gasteiger partial charge is 0.393 e. The Morgan fingerprint density at radius 1 is 1.38 bits per heavy atom. The molecule has 21 heavy (non-hydrogen) atoms. The number of hydrogen-bond donors (Lipinski definition) is 2. The number of aliphatic hydroxyl groups is 1. The predicted octanol–water partition coefficient (Wildman–Crippen LogP) is 3.68. The van der Waals surface area contributed by atoms with Gasteiger partial charge in [-0.1, -0.05) is 32.0 Å². The molecule has 0 spiro atoms. The fourth-order valence-electron chi connectivity index (χ4n) is 3.76. The van der Waals surface area contributed by atoms with Gasteiger partial charge in [-0.25, -0.2) is 0 Å². The van der Waals surface area contributed by atoms with E-state index < -0.39 is 0 Å². The van der Waals surface area contributed by atoms with Crippen LogP contribution < -0.4 is 0 Å². The maximum absolute atomic E-state index is 9.91. The summed E-state index contributed by atoms with van der Waals surface area (Å²) < 4.78 is 6.16. The molecule has 1 aliphatic heterocycles. The Labute approximate surface area is 126 Å². The monoisotopic (exact) mass is 287 g/mol. The van der Waals surface area contributed by atoms with Crippen LogP contribution in [0.2, 0.25) is 0 Å². The summed E-state index contributed by atoms with van der Waals surface area (Å²) in [4.78, 5) is 3.65. The molecule has 2 aromatic rings. The van der Waals surface area contributed by atoms with Gasteiger partial charge in [-0.2, -0.15) is 0 Å². The van der Waals surface area contributed by atoms with Crippen LogP contribution in [0, 0.1) is 0 Å². The Hall–Kier alpha value is -1.32. The fourth-order valence-corrected chi connectivity index (χ4v) is 3.76. The molecule has 1 aromatic carbocycles. The average molecular weight is 287 g/mol. The highest BCUT2D eigenvalue weighted by molar-refractivity contribution is 5.88. The second kappa shape index (κ2) is 5.47. The zero-order valence-corrected chi connectivity index (χ0v) is 13.2. The van der Waals surface area contributed by atoms with Gasteiger partial charge in [0.15, 0.2) is 0 Å². The molecule has 3 heteroatoms. The number of para-hydroxylation sites is 1. The molecular formula is C18H25NO2. The van der Waals surface area contributed by atoms with Crippen LogP contribution in [0.4, 0.5) is 0 Å². The molecule has 0 aliphatic carbocycles. The van der Waals surface area contributed by atoms with Crippen LogP contribution >= 0.6 is 0 Å². The van der Waals surface area contributed by atoms with Crippen molar-refractivity contribution >= 4 is 10.9 Å². The van der Waals surface area contributed by atoms with Crippen molar-refractivity contribution < 1.29 is 9.84 Å². The molecule has 0 bridgehead atoms. The molecule has 0 amide bonds. The van der Waals surface area contributed by atoms with Crippen molar-refractivity contribution in [3.05, 3.63) is 35.0 Å². The van der Waals surface area contributed by atoms with Gasteiger partial charge >= 0.3 is 0 Å². The van der Waals surface area contributed by atoms with E-state index in [4.69, 9.17) is 4.74 Å². The van der Waals surface area contributed by atoms with Crippen molar-refractivity contribution in [1.29, 1.82) is 0 Å². The Kier molecular flexibility index (Phi) is 3.80. The van der Waals surface area contributed by atoms with E-state index in [1.54, 1.807) is 0 Å². The first-order chi connectivity index (χ1) is 10.1. The van der Waals surface area contributed by atoms with Crippen molar-refractivity contribution in [1.82, 2.24) is 4.98 Å². The summed E-state index contributed by atoms with van der Waals surface area (Å²) >= 11 is 0. The average Bonchev–Trinajstić information content (AvgIpc) is 2.87. The van der Waals surface area contributed by atoms with Crippen LogP contribution in [-0.4, -0.2) is 22.8 Å². The van der Waals surface area contributed by atoms with Gasteiger partial charge in [0.05, 0.1) is 18.4 Å². The molecule has 3 rings (SSSR count). The minimum absolute atomic E-state index is 0.368. The molecule has 2 atom stereocenters. The zero-order valence-electron chi connectivity index (χ0n) is 13.2. The van der Waals surface area contributed by atoms with Gasteiger partial charge in [0.2, 0.25) is 0 Å². The first-order valence-corrected chi connectivity index (χ1v) is 8.06. The van der Waals surface area contributed by atoms with Crippen LogP contribution in [0.15, 0.2) is 18.2 Å². The molecule has 0 radical (unpaired) electrons. The molecule has 0 saturated heterocycles. The summed E-state index contributed by atoms with van der Waals surface area (Å²) in [5, 5.41) is 11.2. The normalized spacial score (nSPS) is 23.2. The Balaban J connectivity index is 2.21. The lowest BCUT2D eigenvalue weighted by Gasteiger charge is -2.37. The molecule has 114 valence electrons. The van der Waals surface area contributed by atoms with E-state index in [1.165, 1.54) is 27.7 Å². The topological polar surface area (TPSA) is 45.2 Å². The number of H-pyrrole nitrogens is 1. The van der Waals surface area contributed by atoms with Crippen LogP contribution in [0.1, 0.15) is 50.4 Å². The van der Waals surface area contributed by atoms with Gasteiger partial charge in [0.25, 0.3) is 0 Å². The summed E-state index contributed by atoms with van der Waals surface area (Å²) in [5.41, 5.74) is 4.80. The standard InChI is InChI=1S/C18H25NO2/c1-4-13-7-6-8-14-15-9-10-21-18(5-2,11-12(3)20)17(15)19-16(13)14/h6-8,12,19-20H,4-5,9-11H2,1-3H3. The second-order valence-electron chi connectivity index (χ2n) is 6.17. The number of aryl methyl sites for hydroxylation is 1. The second-order valence-corrected chi connectivity index (χ2v) is 6.17. The van der Waals surface area contributed by atoms with E-state index in [2.05, 4.69) is 37.0 Å². The maximum atomic E-state index is 9.91. The number of ether oxygens (including phenoxy) is 1. The van der Waals surface area contributed by atoms with E-state index in [0.29, 0.717) is 6.42 Å². The van der Waals surface area contributed by atoms with Crippen LogP contribution in [-0.2, 0) is 23.2 Å². The third-order valence-corrected chi connectivity index (χ3v) is 4.79. The number of benzene rings is 1. The maximum Gasteiger partial charge on any atom is 0.110 e. The van der Waals surface area contributed by atoms with E-state index in [9.17, 15) is 5.11 Å². The number of nitrogens with one attached hydrogen (secondary N) is 1. The molecule has 1 aromatic heterocycles. The van der Waals surface area contributed by atoms with Gasteiger partial charge in [-0.3, -0.25) is 0 Å². The lowest BCUT2D eigenvalue weighted by molar-refractivity contribution is -0.0908.